The van der Waals surface area contributed by atoms with E-state index >= 15 is 0 Å². The summed E-state index contributed by atoms with van der Waals surface area (Å²) >= 11 is 0. The molecule has 3 amide bonds. The number of nitro groups is 1. The van der Waals surface area contributed by atoms with E-state index in [0.717, 1.165) is 0 Å². The Morgan fingerprint density at radius 1 is 1.32 bits per heavy atom. The average molecular weight is 309 g/mol. The van der Waals surface area contributed by atoms with Crippen molar-refractivity contribution in [3.63, 3.8) is 0 Å². The lowest BCUT2D eigenvalue weighted by Gasteiger charge is -2.08. The van der Waals surface area contributed by atoms with Crippen LogP contribution in [-0.4, -0.2) is 36.0 Å². The molecule has 9 nitrogen and oxygen atoms in total. The summed E-state index contributed by atoms with van der Waals surface area (Å²) in [7, 11) is 0. The van der Waals surface area contributed by atoms with Crippen LogP contribution in [0.2, 0.25) is 0 Å². The number of carbonyl (C=O) groups excluding carboxylic acids is 3. The van der Waals surface area contributed by atoms with Gasteiger partial charge in [0, 0.05) is 18.2 Å². The van der Waals surface area contributed by atoms with Crippen LogP contribution in [0.25, 0.3) is 0 Å². The Labute approximate surface area is 125 Å². The molecular formula is C13H15N3O6. The number of rotatable bonds is 5. The van der Waals surface area contributed by atoms with Gasteiger partial charge < -0.3 is 10.1 Å². The number of nitrogens with one attached hydrogen (secondary N) is 2. The maximum absolute atomic E-state index is 11.8. The van der Waals surface area contributed by atoms with E-state index in [1.807, 2.05) is 5.32 Å². The third kappa shape index (κ3) is 4.54. The highest BCUT2D eigenvalue weighted by molar-refractivity contribution is 5.97. The zero-order valence-corrected chi connectivity index (χ0v) is 12.0. The Hall–Kier alpha value is -2.97. The molecule has 0 spiro atoms. The van der Waals surface area contributed by atoms with Gasteiger partial charge in [-0.1, -0.05) is 6.07 Å². The summed E-state index contributed by atoms with van der Waals surface area (Å²) < 4.78 is 4.73. The van der Waals surface area contributed by atoms with Crippen molar-refractivity contribution in [2.24, 2.45) is 0 Å². The number of hydrogen-bond donors (Lipinski definition) is 2. The van der Waals surface area contributed by atoms with Gasteiger partial charge in [-0.3, -0.25) is 20.2 Å². The van der Waals surface area contributed by atoms with Gasteiger partial charge in [0.05, 0.1) is 10.5 Å². The van der Waals surface area contributed by atoms with Crippen LogP contribution in [0.4, 0.5) is 10.5 Å². The lowest BCUT2D eigenvalue weighted by molar-refractivity contribution is -0.385. The summed E-state index contributed by atoms with van der Waals surface area (Å²) in [6.07, 6.45) is 0. The highest BCUT2D eigenvalue weighted by Crippen LogP contribution is 2.21. The van der Waals surface area contributed by atoms with Crippen LogP contribution in [0, 0.1) is 17.0 Å². The number of nitro benzene ring substituents is 1. The molecule has 0 atom stereocenters. The number of carbonyl (C=O) groups is 3. The fourth-order valence-corrected chi connectivity index (χ4v) is 1.62. The van der Waals surface area contributed by atoms with Crippen molar-refractivity contribution in [1.29, 1.82) is 0 Å². The van der Waals surface area contributed by atoms with E-state index in [-0.39, 0.29) is 16.8 Å². The van der Waals surface area contributed by atoms with Crippen LogP contribution in [0.3, 0.4) is 0 Å². The van der Waals surface area contributed by atoms with E-state index in [1.54, 1.807) is 6.92 Å². The number of imide groups is 1. The standard InChI is InChI=1S/C13H15N3O6/c1-3-14-13(19)15-11(17)7-22-12(18)9-5-4-6-10(8(9)2)16(20)21/h4-6H,3,7H2,1-2H3,(H2,14,15,17,19). The monoisotopic (exact) mass is 309 g/mol. The number of benzene rings is 1. The van der Waals surface area contributed by atoms with Gasteiger partial charge in [0.25, 0.3) is 11.6 Å². The van der Waals surface area contributed by atoms with E-state index in [9.17, 15) is 24.5 Å². The summed E-state index contributed by atoms with van der Waals surface area (Å²) in [5, 5.41) is 15.1. The topological polar surface area (TPSA) is 128 Å². The molecule has 1 aromatic rings. The van der Waals surface area contributed by atoms with Crippen molar-refractivity contribution in [3.8, 4) is 0 Å². The minimum atomic E-state index is -0.882. The van der Waals surface area contributed by atoms with Crippen molar-refractivity contribution >= 4 is 23.6 Å². The van der Waals surface area contributed by atoms with Gasteiger partial charge in [0.2, 0.25) is 0 Å². The van der Waals surface area contributed by atoms with E-state index in [0.29, 0.717) is 6.54 Å². The van der Waals surface area contributed by atoms with Crippen LogP contribution in [-0.2, 0) is 9.53 Å². The molecule has 0 radical (unpaired) electrons. The van der Waals surface area contributed by atoms with Crippen LogP contribution < -0.4 is 10.6 Å². The summed E-state index contributed by atoms with van der Waals surface area (Å²) in [5.41, 5.74) is -0.0946. The smallest absolute Gasteiger partial charge is 0.339 e. The first-order valence-electron chi connectivity index (χ1n) is 6.35. The summed E-state index contributed by atoms with van der Waals surface area (Å²) in [5.74, 6) is -1.69. The molecule has 0 aliphatic carbocycles. The van der Waals surface area contributed by atoms with Gasteiger partial charge in [-0.05, 0) is 19.9 Å². The fraction of sp³-hybridized carbons (Fsp3) is 0.308. The molecule has 0 fully saturated rings. The largest absolute Gasteiger partial charge is 0.452 e. The Kier molecular flexibility index (Phi) is 5.99. The minimum Gasteiger partial charge on any atom is -0.452 e. The highest BCUT2D eigenvalue weighted by Gasteiger charge is 2.19. The van der Waals surface area contributed by atoms with E-state index < -0.39 is 29.4 Å². The third-order valence-corrected chi connectivity index (χ3v) is 2.65. The van der Waals surface area contributed by atoms with Crippen LogP contribution in [0.5, 0.6) is 0 Å². The number of urea groups is 1. The molecule has 0 aliphatic rings. The quantitative estimate of drug-likeness (QED) is 0.472. The third-order valence-electron chi connectivity index (χ3n) is 2.65. The SMILES string of the molecule is CCNC(=O)NC(=O)COC(=O)c1cccc([N+](=O)[O-])c1C. The molecule has 9 heteroatoms. The van der Waals surface area contributed by atoms with Gasteiger partial charge in [0.15, 0.2) is 6.61 Å². The molecule has 1 aromatic carbocycles. The van der Waals surface area contributed by atoms with Crippen molar-refractivity contribution in [1.82, 2.24) is 10.6 Å². The van der Waals surface area contributed by atoms with Gasteiger partial charge in [0.1, 0.15) is 0 Å². The number of hydrogen-bond acceptors (Lipinski definition) is 6. The zero-order chi connectivity index (χ0) is 16.7. The molecule has 1 rings (SSSR count). The van der Waals surface area contributed by atoms with Crippen LogP contribution >= 0.6 is 0 Å². The second-order valence-corrected chi connectivity index (χ2v) is 4.19. The van der Waals surface area contributed by atoms with Crippen LogP contribution in [0.1, 0.15) is 22.8 Å². The second-order valence-electron chi connectivity index (χ2n) is 4.19. The minimum absolute atomic E-state index is 0.0139. The Morgan fingerprint density at radius 3 is 2.59 bits per heavy atom. The first-order valence-corrected chi connectivity index (χ1v) is 6.35. The summed E-state index contributed by atoms with van der Waals surface area (Å²) in [6.45, 7) is 2.75. The number of amides is 3. The molecule has 0 aromatic heterocycles. The molecule has 0 heterocycles. The van der Waals surface area contributed by atoms with Gasteiger partial charge in [-0.2, -0.15) is 0 Å². The molecule has 22 heavy (non-hydrogen) atoms. The summed E-state index contributed by atoms with van der Waals surface area (Å²) in [6, 6.07) is 3.26. The normalized spacial score (nSPS) is 9.73. The Bertz CT molecular complexity index is 614. The molecule has 0 saturated heterocycles. The van der Waals surface area contributed by atoms with Crippen molar-refractivity contribution in [2.75, 3.05) is 13.2 Å². The van der Waals surface area contributed by atoms with Crippen molar-refractivity contribution in [3.05, 3.63) is 39.4 Å². The Morgan fingerprint density at radius 2 is 2.00 bits per heavy atom. The number of ether oxygens (including phenoxy) is 1. The molecule has 0 aliphatic heterocycles. The fourth-order valence-electron chi connectivity index (χ4n) is 1.62. The zero-order valence-electron chi connectivity index (χ0n) is 12.0. The first kappa shape index (κ1) is 17.1. The van der Waals surface area contributed by atoms with Gasteiger partial charge in [-0.15, -0.1) is 0 Å². The van der Waals surface area contributed by atoms with Crippen molar-refractivity contribution in [2.45, 2.75) is 13.8 Å². The number of nitrogens with zero attached hydrogens (tertiary/aromatic N) is 1. The molecule has 0 saturated carbocycles. The van der Waals surface area contributed by atoms with E-state index in [2.05, 4.69) is 5.32 Å². The van der Waals surface area contributed by atoms with Crippen LogP contribution in [0.15, 0.2) is 18.2 Å². The van der Waals surface area contributed by atoms with Gasteiger partial charge >= 0.3 is 12.0 Å². The predicted molar refractivity (Wildman–Crippen MR) is 75.3 cm³/mol. The lowest BCUT2D eigenvalue weighted by Crippen LogP contribution is -2.41. The highest BCUT2D eigenvalue weighted by atomic mass is 16.6. The van der Waals surface area contributed by atoms with E-state index in [4.69, 9.17) is 4.74 Å². The maximum atomic E-state index is 11.8. The first-order chi connectivity index (χ1) is 10.4. The molecule has 2 N–H and O–H groups in total. The average Bonchev–Trinajstić information content (AvgIpc) is 2.44. The van der Waals surface area contributed by atoms with Gasteiger partial charge in [-0.25, -0.2) is 9.59 Å². The number of esters is 1. The Balaban J connectivity index is 2.67. The maximum Gasteiger partial charge on any atom is 0.339 e. The van der Waals surface area contributed by atoms with E-state index in [1.165, 1.54) is 25.1 Å². The molecule has 0 unspecified atom stereocenters. The summed E-state index contributed by atoms with van der Waals surface area (Å²) in [4.78, 5) is 44.5. The van der Waals surface area contributed by atoms with Crippen molar-refractivity contribution < 1.29 is 24.0 Å². The lowest BCUT2D eigenvalue weighted by atomic mass is 10.1. The molecule has 118 valence electrons. The predicted octanol–water partition coefficient (Wildman–Crippen LogP) is 0.906. The second kappa shape index (κ2) is 7.72. The molecule has 0 bridgehead atoms. The molecular weight excluding hydrogens is 294 g/mol.